The van der Waals surface area contributed by atoms with Gasteiger partial charge in [0.15, 0.2) is 5.12 Å². The molecule has 2 atom stereocenters. The molecular weight excluding hydrogens is 316 g/mol. The fourth-order valence-corrected chi connectivity index (χ4v) is 6.68. The minimum atomic E-state index is 0.108. The van der Waals surface area contributed by atoms with Gasteiger partial charge >= 0.3 is 0 Å². The first-order chi connectivity index (χ1) is 9.02. The van der Waals surface area contributed by atoms with Gasteiger partial charge in [-0.25, -0.2) is 0 Å². The summed E-state index contributed by atoms with van der Waals surface area (Å²) in [6.45, 7) is 7.33. The maximum atomic E-state index is 11.5. The molecule has 19 heavy (non-hydrogen) atoms. The molecule has 0 aliphatic carbocycles. The molecule has 1 aliphatic heterocycles. The summed E-state index contributed by atoms with van der Waals surface area (Å²) in [5.74, 6) is 3.96. The second-order valence-electron chi connectivity index (χ2n) is 4.33. The average Bonchev–Trinajstić information content (AvgIpc) is 2.42. The van der Waals surface area contributed by atoms with Crippen molar-refractivity contribution in [3.63, 3.8) is 0 Å². The molecule has 0 saturated carbocycles. The summed E-state index contributed by atoms with van der Waals surface area (Å²) in [4.78, 5) is 22.7. The number of thioether (sulfide) groups is 4. The van der Waals surface area contributed by atoms with Gasteiger partial charge in [-0.15, -0.1) is 0 Å². The number of carbonyl (C=O) groups excluding carboxylic acids is 2. The highest BCUT2D eigenvalue weighted by Gasteiger charge is 2.23. The molecule has 0 aromatic rings. The van der Waals surface area contributed by atoms with Crippen LogP contribution < -0.4 is 0 Å². The van der Waals surface area contributed by atoms with E-state index in [2.05, 4.69) is 6.58 Å². The van der Waals surface area contributed by atoms with E-state index in [1.54, 1.807) is 6.92 Å². The van der Waals surface area contributed by atoms with Crippen LogP contribution in [0.25, 0.3) is 0 Å². The van der Waals surface area contributed by atoms with Crippen LogP contribution in [0.1, 0.15) is 20.3 Å². The van der Waals surface area contributed by atoms with Gasteiger partial charge in [-0.05, 0) is 12.5 Å². The van der Waals surface area contributed by atoms with Crippen LogP contribution in [0.15, 0.2) is 12.2 Å². The number of rotatable bonds is 6. The Balaban J connectivity index is 2.16. The first-order valence-corrected chi connectivity index (χ1v) is 10.3. The van der Waals surface area contributed by atoms with Crippen molar-refractivity contribution in [2.45, 2.75) is 30.8 Å². The van der Waals surface area contributed by atoms with Crippen molar-refractivity contribution in [1.82, 2.24) is 0 Å². The average molecular weight is 337 g/mol. The standard InChI is InChI=1S/C13H20O2S4/c1-4-12(14)18-7-10-5-17-11(6-16-10)8-19-13(15)9(2)3/h10-11H,2,4-8H2,1,3H3. The molecule has 6 heteroatoms. The van der Waals surface area contributed by atoms with Crippen LogP contribution in [0.2, 0.25) is 0 Å². The third-order valence-corrected chi connectivity index (χ3v) is 8.51. The lowest BCUT2D eigenvalue weighted by molar-refractivity contribution is -0.110. The van der Waals surface area contributed by atoms with Gasteiger partial charge in [0.05, 0.1) is 0 Å². The van der Waals surface area contributed by atoms with Crippen LogP contribution in [0.5, 0.6) is 0 Å². The predicted octanol–water partition coefficient (Wildman–Crippen LogP) is 3.71. The monoisotopic (exact) mass is 336 g/mol. The zero-order valence-electron chi connectivity index (χ0n) is 11.3. The summed E-state index contributed by atoms with van der Waals surface area (Å²) < 4.78 is 0. The molecule has 0 amide bonds. The molecule has 0 N–H and O–H groups in total. The highest BCUT2D eigenvalue weighted by atomic mass is 32.2. The molecule has 108 valence electrons. The molecule has 0 radical (unpaired) electrons. The normalized spacial score (nSPS) is 23.1. The third kappa shape index (κ3) is 7.16. The molecule has 1 aliphatic rings. The van der Waals surface area contributed by atoms with E-state index in [0.29, 0.717) is 22.5 Å². The van der Waals surface area contributed by atoms with Crippen molar-refractivity contribution >= 4 is 57.3 Å². The number of carbonyl (C=O) groups is 2. The van der Waals surface area contributed by atoms with E-state index in [0.717, 1.165) is 23.0 Å². The van der Waals surface area contributed by atoms with Crippen LogP contribution in [-0.4, -0.2) is 43.7 Å². The molecule has 0 spiro atoms. The van der Waals surface area contributed by atoms with E-state index >= 15 is 0 Å². The summed E-state index contributed by atoms with van der Waals surface area (Å²) >= 11 is 6.72. The number of hydrogen-bond acceptors (Lipinski definition) is 6. The summed E-state index contributed by atoms with van der Waals surface area (Å²) in [6, 6.07) is 0. The lowest BCUT2D eigenvalue weighted by Gasteiger charge is -2.27. The van der Waals surface area contributed by atoms with E-state index < -0.39 is 0 Å². The smallest absolute Gasteiger partial charge is 0.214 e. The van der Waals surface area contributed by atoms with E-state index in [9.17, 15) is 9.59 Å². The van der Waals surface area contributed by atoms with Gasteiger partial charge in [0.25, 0.3) is 0 Å². The van der Waals surface area contributed by atoms with Crippen molar-refractivity contribution in [1.29, 1.82) is 0 Å². The number of hydrogen-bond donors (Lipinski definition) is 0. The Bertz CT molecular complexity index is 336. The molecule has 1 fully saturated rings. The third-order valence-electron chi connectivity index (χ3n) is 2.50. The van der Waals surface area contributed by atoms with Crippen molar-refractivity contribution in [2.24, 2.45) is 0 Å². The fourth-order valence-electron chi connectivity index (χ4n) is 1.36. The first kappa shape index (κ1) is 17.5. The van der Waals surface area contributed by atoms with Gasteiger partial charge in [0.2, 0.25) is 5.12 Å². The van der Waals surface area contributed by atoms with Crippen LogP contribution in [-0.2, 0) is 9.59 Å². The Labute approximate surface area is 132 Å². The highest BCUT2D eigenvalue weighted by molar-refractivity contribution is 8.16. The van der Waals surface area contributed by atoms with E-state index in [1.165, 1.54) is 23.5 Å². The van der Waals surface area contributed by atoms with Crippen LogP contribution in [0, 0.1) is 0 Å². The molecule has 0 bridgehead atoms. The second-order valence-corrected chi connectivity index (χ2v) is 9.06. The lowest BCUT2D eigenvalue weighted by atomic mass is 10.4. The van der Waals surface area contributed by atoms with Crippen molar-refractivity contribution in [2.75, 3.05) is 23.0 Å². The highest BCUT2D eigenvalue weighted by Crippen LogP contribution is 2.33. The Morgan fingerprint density at radius 3 is 2.11 bits per heavy atom. The molecule has 1 saturated heterocycles. The van der Waals surface area contributed by atoms with Crippen LogP contribution in [0.4, 0.5) is 0 Å². The summed E-state index contributed by atoms with van der Waals surface area (Å²) in [6.07, 6.45) is 0.622. The van der Waals surface area contributed by atoms with Crippen LogP contribution >= 0.6 is 47.0 Å². The minimum absolute atomic E-state index is 0.108. The Morgan fingerprint density at radius 2 is 1.68 bits per heavy atom. The van der Waals surface area contributed by atoms with Gasteiger partial charge in [-0.3, -0.25) is 9.59 Å². The predicted molar refractivity (Wildman–Crippen MR) is 92.5 cm³/mol. The molecule has 2 nitrogen and oxygen atoms in total. The molecule has 2 unspecified atom stereocenters. The second kappa shape index (κ2) is 9.42. The maximum Gasteiger partial charge on any atom is 0.214 e. The van der Waals surface area contributed by atoms with Crippen molar-refractivity contribution in [3.8, 4) is 0 Å². The van der Waals surface area contributed by atoms with E-state index in [-0.39, 0.29) is 10.2 Å². The van der Waals surface area contributed by atoms with Gasteiger partial charge in [0, 0.05) is 39.9 Å². The van der Waals surface area contributed by atoms with Crippen molar-refractivity contribution < 1.29 is 9.59 Å². The largest absolute Gasteiger partial charge is 0.287 e. The summed E-state index contributed by atoms with van der Waals surface area (Å²) in [5.41, 5.74) is 0.630. The Morgan fingerprint density at radius 1 is 1.16 bits per heavy atom. The molecule has 1 heterocycles. The van der Waals surface area contributed by atoms with E-state index in [4.69, 9.17) is 0 Å². The lowest BCUT2D eigenvalue weighted by Crippen LogP contribution is -2.25. The Kier molecular flexibility index (Phi) is 8.69. The topological polar surface area (TPSA) is 34.1 Å². The quantitative estimate of drug-likeness (QED) is 0.688. The zero-order valence-corrected chi connectivity index (χ0v) is 14.6. The molecule has 0 aromatic carbocycles. The molecular formula is C13H20O2S4. The van der Waals surface area contributed by atoms with E-state index in [1.807, 2.05) is 30.4 Å². The van der Waals surface area contributed by atoms with Gasteiger partial charge in [-0.1, -0.05) is 37.0 Å². The first-order valence-electron chi connectivity index (χ1n) is 6.24. The summed E-state index contributed by atoms with van der Waals surface area (Å²) in [5, 5.41) is 1.51. The molecule has 1 rings (SSSR count). The summed E-state index contributed by atoms with van der Waals surface area (Å²) in [7, 11) is 0. The van der Waals surface area contributed by atoms with Gasteiger partial charge in [-0.2, -0.15) is 23.5 Å². The van der Waals surface area contributed by atoms with Crippen molar-refractivity contribution in [3.05, 3.63) is 12.2 Å². The maximum absolute atomic E-state index is 11.5. The Hall–Kier alpha value is 0.480. The molecule has 0 aromatic heterocycles. The fraction of sp³-hybridized carbons (Fsp3) is 0.692. The van der Waals surface area contributed by atoms with Gasteiger partial charge < -0.3 is 0 Å². The van der Waals surface area contributed by atoms with Gasteiger partial charge in [0.1, 0.15) is 0 Å². The SMILES string of the molecule is C=C(C)C(=O)SCC1CSC(CSC(=O)CC)CS1. The zero-order chi connectivity index (χ0) is 14.3. The minimum Gasteiger partial charge on any atom is -0.287 e. The van der Waals surface area contributed by atoms with Crippen LogP contribution in [0.3, 0.4) is 0 Å².